The zero-order valence-corrected chi connectivity index (χ0v) is 25.0. The highest BCUT2D eigenvalue weighted by atomic mass is 19.1. The fourth-order valence-corrected chi connectivity index (χ4v) is 6.98. The molecule has 0 bridgehead atoms. The average Bonchev–Trinajstić information content (AvgIpc) is 3.51. The highest BCUT2D eigenvalue weighted by Gasteiger charge is 2.42. The van der Waals surface area contributed by atoms with Crippen molar-refractivity contribution in [2.45, 2.75) is 57.7 Å². The average molecular weight is 563 g/mol. The maximum Gasteiger partial charge on any atom is 0.241 e. The third-order valence-corrected chi connectivity index (χ3v) is 9.17. The smallest absolute Gasteiger partial charge is 0.241 e. The van der Waals surface area contributed by atoms with Crippen LogP contribution in [0.4, 0.5) is 10.1 Å². The zero-order chi connectivity index (χ0) is 28.9. The van der Waals surface area contributed by atoms with Gasteiger partial charge in [0, 0.05) is 81.3 Å². The standard InChI is InChI=1S/C31H43FN8O/c1-21-15-38(26(14-33-21)17-37-11-10-36(5)16-22(37)2)18-28(41)39-19-31(3,4)29-27(39)13-24(30-34-20-35-40(29)30)12-23-6-8-25(32)9-7-23/h6-9,13,20-22,26,33H,10-12,14-19H2,1-5H3/t21-,22-,26-/m1/s1. The Bertz CT molecular complexity index is 1410. The molecule has 2 fully saturated rings. The summed E-state index contributed by atoms with van der Waals surface area (Å²) in [5, 5.41) is 8.24. The lowest BCUT2D eigenvalue weighted by molar-refractivity contribution is -0.121. The van der Waals surface area contributed by atoms with E-state index in [0.29, 0.717) is 31.6 Å². The molecule has 41 heavy (non-hydrogen) atoms. The van der Waals surface area contributed by atoms with Gasteiger partial charge in [-0.1, -0.05) is 26.0 Å². The van der Waals surface area contributed by atoms with Crippen LogP contribution in [0.5, 0.6) is 0 Å². The van der Waals surface area contributed by atoms with E-state index in [1.165, 1.54) is 12.1 Å². The Kier molecular flexibility index (Phi) is 7.61. The summed E-state index contributed by atoms with van der Waals surface area (Å²) in [6.45, 7) is 15.7. The van der Waals surface area contributed by atoms with E-state index in [0.717, 1.165) is 67.4 Å². The van der Waals surface area contributed by atoms with Gasteiger partial charge in [0.1, 0.15) is 12.1 Å². The van der Waals surface area contributed by atoms with Gasteiger partial charge >= 0.3 is 0 Å². The predicted molar refractivity (Wildman–Crippen MR) is 159 cm³/mol. The van der Waals surface area contributed by atoms with E-state index in [-0.39, 0.29) is 23.2 Å². The van der Waals surface area contributed by atoms with Gasteiger partial charge in [0.05, 0.1) is 17.9 Å². The summed E-state index contributed by atoms with van der Waals surface area (Å²) < 4.78 is 15.5. The van der Waals surface area contributed by atoms with Crippen molar-refractivity contribution in [3.05, 3.63) is 59.3 Å². The largest absolute Gasteiger partial charge is 0.311 e. The van der Waals surface area contributed by atoms with E-state index in [4.69, 9.17) is 0 Å². The number of hydrogen-bond acceptors (Lipinski definition) is 7. The molecule has 6 rings (SSSR count). The normalized spacial score (nSPS) is 25.6. The minimum absolute atomic E-state index is 0.120. The van der Waals surface area contributed by atoms with Crippen LogP contribution in [0.3, 0.4) is 0 Å². The Labute approximate surface area is 242 Å². The molecule has 9 nitrogen and oxygen atoms in total. The number of nitrogens with zero attached hydrogens (tertiary/aromatic N) is 7. The Balaban J connectivity index is 1.27. The Morgan fingerprint density at radius 1 is 1.12 bits per heavy atom. The van der Waals surface area contributed by atoms with Crippen LogP contribution < -0.4 is 10.2 Å². The first-order chi connectivity index (χ1) is 19.6. The van der Waals surface area contributed by atoms with Crippen molar-refractivity contribution in [2.24, 2.45) is 0 Å². The molecule has 5 heterocycles. The molecule has 2 aromatic heterocycles. The number of halogens is 1. The molecule has 0 saturated carbocycles. The Morgan fingerprint density at radius 3 is 2.66 bits per heavy atom. The van der Waals surface area contributed by atoms with Crippen molar-refractivity contribution in [3.63, 3.8) is 0 Å². The van der Waals surface area contributed by atoms with Crippen molar-refractivity contribution < 1.29 is 9.18 Å². The zero-order valence-electron chi connectivity index (χ0n) is 25.0. The SMILES string of the molecule is C[C@@H]1CN(CC(=O)N2CC(C)(C)c3c2cc(Cc2ccc(F)cc2)c2ncnn32)[C@@H](CN2CCN(C)C[C@H]2C)CN1. The lowest BCUT2D eigenvalue weighted by Gasteiger charge is -2.45. The van der Waals surface area contributed by atoms with Crippen molar-refractivity contribution in [1.29, 1.82) is 0 Å². The van der Waals surface area contributed by atoms with E-state index >= 15 is 0 Å². The lowest BCUT2D eigenvalue weighted by atomic mass is 9.90. The number of pyridine rings is 1. The number of carbonyl (C=O) groups excluding carboxylic acids is 1. The Morgan fingerprint density at radius 2 is 1.90 bits per heavy atom. The van der Waals surface area contributed by atoms with E-state index in [1.807, 2.05) is 9.42 Å². The second-order valence-electron chi connectivity index (χ2n) is 13.1. The highest BCUT2D eigenvalue weighted by molar-refractivity contribution is 5.97. The molecule has 1 amide bonds. The maximum absolute atomic E-state index is 14.2. The van der Waals surface area contributed by atoms with Gasteiger partial charge in [0.2, 0.25) is 5.91 Å². The van der Waals surface area contributed by atoms with Crippen molar-refractivity contribution in [3.8, 4) is 0 Å². The minimum atomic E-state index is -0.281. The number of piperazine rings is 2. The molecule has 3 atom stereocenters. The van der Waals surface area contributed by atoms with Gasteiger partial charge in [-0.15, -0.1) is 0 Å². The first-order valence-electron chi connectivity index (χ1n) is 14.9. The van der Waals surface area contributed by atoms with Crippen LogP contribution in [0, 0.1) is 5.82 Å². The molecule has 0 spiro atoms. The van der Waals surface area contributed by atoms with Crippen LogP contribution in [0.2, 0.25) is 0 Å². The van der Waals surface area contributed by atoms with Gasteiger partial charge in [0.25, 0.3) is 0 Å². The van der Waals surface area contributed by atoms with Crippen molar-refractivity contribution in [2.75, 3.05) is 64.3 Å². The fraction of sp³-hybridized carbons (Fsp3) is 0.581. The van der Waals surface area contributed by atoms with Crippen LogP contribution >= 0.6 is 0 Å². The molecule has 0 unspecified atom stereocenters. The van der Waals surface area contributed by atoms with Gasteiger partial charge < -0.3 is 15.1 Å². The molecule has 10 heteroatoms. The summed E-state index contributed by atoms with van der Waals surface area (Å²) in [5.74, 6) is -0.133. The summed E-state index contributed by atoms with van der Waals surface area (Å²) in [4.78, 5) is 28.1. The second kappa shape index (κ2) is 11.1. The lowest BCUT2D eigenvalue weighted by Crippen LogP contribution is -2.63. The molecule has 2 saturated heterocycles. The number of likely N-dealkylation sites (N-methyl/N-ethyl adjacent to an activating group) is 1. The van der Waals surface area contributed by atoms with Gasteiger partial charge in [-0.3, -0.25) is 14.6 Å². The minimum Gasteiger partial charge on any atom is -0.311 e. The van der Waals surface area contributed by atoms with Crippen molar-refractivity contribution >= 4 is 17.2 Å². The molecule has 1 N–H and O–H groups in total. The second-order valence-corrected chi connectivity index (χ2v) is 13.1. The van der Waals surface area contributed by atoms with Crippen LogP contribution in [0.15, 0.2) is 36.7 Å². The van der Waals surface area contributed by atoms with Crippen LogP contribution in [0.1, 0.15) is 44.5 Å². The van der Waals surface area contributed by atoms with E-state index in [2.05, 4.69) is 70.9 Å². The summed E-state index contributed by atoms with van der Waals surface area (Å²) in [6.07, 6.45) is 2.16. The molecule has 220 valence electrons. The van der Waals surface area contributed by atoms with Gasteiger partial charge in [0.15, 0.2) is 5.65 Å². The summed E-state index contributed by atoms with van der Waals surface area (Å²) in [6, 6.07) is 9.80. The van der Waals surface area contributed by atoms with Gasteiger partial charge in [-0.25, -0.2) is 13.9 Å². The molecular weight excluding hydrogens is 519 g/mol. The molecule has 3 aromatic rings. The summed E-state index contributed by atoms with van der Waals surface area (Å²) in [7, 11) is 2.19. The topological polar surface area (TPSA) is 72.3 Å². The molecule has 3 aliphatic heterocycles. The number of aromatic nitrogens is 3. The van der Waals surface area contributed by atoms with E-state index in [9.17, 15) is 9.18 Å². The van der Waals surface area contributed by atoms with Crippen LogP contribution in [0.25, 0.3) is 5.65 Å². The predicted octanol–water partition coefficient (Wildman–Crippen LogP) is 2.38. The fourth-order valence-electron chi connectivity index (χ4n) is 6.98. The summed E-state index contributed by atoms with van der Waals surface area (Å²) >= 11 is 0. The molecule has 0 radical (unpaired) electrons. The third kappa shape index (κ3) is 5.62. The molecule has 0 aliphatic carbocycles. The van der Waals surface area contributed by atoms with Crippen LogP contribution in [-0.4, -0.2) is 113 Å². The summed E-state index contributed by atoms with van der Waals surface area (Å²) in [5.41, 5.74) is 4.38. The molecular formula is C31H43FN8O. The monoisotopic (exact) mass is 562 g/mol. The first-order valence-corrected chi connectivity index (χ1v) is 14.9. The Hall–Kier alpha value is -2.92. The molecule has 1 aromatic carbocycles. The number of fused-ring (bicyclic) bond motifs is 3. The van der Waals surface area contributed by atoms with Crippen molar-refractivity contribution in [1.82, 2.24) is 34.6 Å². The van der Waals surface area contributed by atoms with E-state index in [1.54, 1.807) is 18.5 Å². The highest BCUT2D eigenvalue weighted by Crippen LogP contribution is 2.42. The number of amides is 1. The number of hydrogen-bond donors (Lipinski definition) is 1. The van der Waals surface area contributed by atoms with Crippen LogP contribution in [-0.2, 0) is 16.6 Å². The van der Waals surface area contributed by atoms with E-state index < -0.39 is 0 Å². The number of anilines is 1. The first kappa shape index (κ1) is 28.2. The number of rotatable bonds is 6. The van der Waals surface area contributed by atoms with Gasteiger partial charge in [-0.05, 0) is 44.7 Å². The molecule has 3 aliphatic rings. The number of benzene rings is 1. The van der Waals surface area contributed by atoms with Gasteiger partial charge in [-0.2, -0.15) is 5.10 Å². The number of nitrogens with one attached hydrogen (secondary N) is 1. The number of carbonyl (C=O) groups is 1. The third-order valence-electron chi connectivity index (χ3n) is 9.17. The maximum atomic E-state index is 14.2. The quantitative estimate of drug-likeness (QED) is 0.495.